The van der Waals surface area contributed by atoms with Crippen molar-refractivity contribution in [1.29, 1.82) is 0 Å². The molecule has 142 valence electrons. The van der Waals surface area contributed by atoms with Gasteiger partial charge in [0.05, 0.1) is 12.2 Å². The first-order chi connectivity index (χ1) is 12.9. The minimum absolute atomic E-state index is 0.383. The van der Waals surface area contributed by atoms with Gasteiger partial charge in [0.1, 0.15) is 0 Å². The SMILES string of the molecule is C=C(N)CNc1cc2c(cc1C#CC)C1CCC3(C)C(=C)CCC3C1CC2. The molecule has 27 heavy (non-hydrogen) atoms. The fraction of sp³-hybridized carbons (Fsp3) is 0.520. The van der Waals surface area contributed by atoms with Crippen LogP contribution < -0.4 is 11.1 Å². The van der Waals surface area contributed by atoms with Gasteiger partial charge in [-0.2, -0.15) is 0 Å². The third-order valence-corrected chi connectivity index (χ3v) is 7.58. The number of anilines is 1. The summed E-state index contributed by atoms with van der Waals surface area (Å²) in [6.07, 6.45) is 7.63. The molecule has 1 aromatic rings. The first kappa shape index (κ1) is 18.2. The van der Waals surface area contributed by atoms with Crippen LogP contribution in [-0.4, -0.2) is 6.54 Å². The van der Waals surface area contributed by atoms with Crippen molar-refractivity contribution in [2.24, 2.45) is 23.0 Å². The normalized spacial score (nSPS) is 31.2. The van der Waals surface area contributed by atoms with Gasteiger partial charge < -0.3 is 11.1 Å². The number of hydrogen-bond donors (Lipinski definition) is 2. The molecule has 2 saturated carbocycles. The van der Waals surface area contributed by atoms with Crippen molar-refractivity contribution in [2.75, 3.05) is 11.9 Å². The van der Waals surface area contributed by atoms with Gasteiger partial charge >= 0.3 is 0 Å². The highest BCUT2D eigenvalue weighted by molar-refractivity contribution is 5.63. The third kappa shape index (κ3) is 2.98. The standard InChI is InChI=1S/C25H32N2/c1-5-6-19-13-22-18(14-24(19)27-15-17(3)26)8-9-21-20(22)11-12-25(4)16(2)7-10-23(21)25/h13-14,20-21,23,27H,2-3,7-12,15,26H2,1,4H3. The van der Waals surface area contributed by atoms with Crippen molar-refractivity contribution >= 4 is 5.69 Å². The smallest absolute Gasteiger partial charge is 0.0540 e. The number of allylic oxidation sites excluding steroid dienone is 1. The molecule has 4 rings (SSSR count). The lowest BCUT2D eigenvalue weighted by Gasteiger charge is -2.49. The summed E-state index contributed by atoms with van der Waals surface area (Å²) in [7, 11) is 0. The molecule has 0 aliphatic heterocycles. The van der Waals surface area contributed by atoms with Crippen LogP contribution in [0, 0.1) is 29.1 Å². The Hall–Kier alpha value is -2.14. The molecule has 0 spiro atoms. The van der Waals surface area contributed by atoms with E-state index in [2.05, 4.69) is 49.4 Å². The summed E-state index contributed by atoms with van der Waals surface area (Å²) < 4.78 is 0. The summed E-state index contributed by atoms with van der Waals surface area (Å²) in [5, 5.41) is 3.43. The zero-order valence-corrected chi connectivity index (χ0v) is 16.8. The zero-order valence-electron chi connectivity index (χ0n) is 16.8. The average Bonchev–Trinajstić information content (AvgIpc) is 2.95. The monoisotopic (exact) mass is 360 g/mol. The molecule has 4 atom stereocenters. The lowest BCUT2D eigenvalue weighted by molar-refractivity contribution is 0.0817. The van der Waals surface area contributed by atoms with Crippen molar-refractivity contribution in [1.82, 2.24) is 0 Å². The van der Waals surface area contributed by atoms with Crippen LogP contribution in [0.3, 0.4) is 0 Å². The molecule has 0 bridgehead atoms. The van der Waals surface area contributed by atoms with Crippen LogP contribution in [0.15, 0.2) is 36.6 Å². The minimum atomic E-state index is 0.383. The molecule has 2 fully saturated rings. The second kappa shape index (κ2) is 6.79. The van der Waals surface area contributed by atoms with Gasteiger partial charge in [-0.15, -0.1) is 5.92 Å². The molecule has 3 aliphatic carbocycles. The second-order valence-electron chi connectivity index (χ2n) is 9.00. The first-order valence-electron chi connectivity index (χ1n) is 10.4. The maximum absolute atomic E-state index is 5.76. The number of benzene rings is 1. The Morgan fingerprint density at radius 3 is 2.85 bits per heavy atom. The van der Waals surface area contributed by atoms with Crippen molar-refractivity contribution in [3.05, 3.63) is 53.3 Å². The maximum atomic E-state index is 5.76. The largest absolute Gasteiger partial charge is 0.401 e. The highest BCUT2D eigenvalue weighted by atomic mass is 14.9. The van der Waals surface area contributed by atoms with Crippen LogP contribution >= 0.6 is 0 Å². The summed E-state index contributed by atoms with van der Waals surface area (Å²) in [6.45, 7) is 13.2. The first-order valence-corrected chi connectivity index (χ1v) is 10.4. The molecule has 4 unspecified atom stereocenters. The molecule has 0 aromatic heterocycles. The van der Waals surface area contributed by atoms with E-state index in [9.17, 15) is 0 Å². The summed E-state index contributed by atoms with van der Waals surface area (Å²) in [4.78, 5) is 0. The summed E-state index contributed by atoms with van der Waals surface area (Å²) in [5.41, 5.74) is 13.6. The van der Waals surface area contributed by atoms with Crippen molar-refractivity contribution in [3.8, 4) is 11.8 Å². The summed E-state index contributed by atoms with van der Waals surface area (Å²) in [6, 6.07) is 4.70. The molecular weight excluding hydrogens is 328 g/mol. The lowest BCUT2D eigenvalue weighted by atomic mass is 9.55. The van der Waals surface area contributed by atoms with E-state index in [1.807, 2.05) is 6.92 Å². The predicted molar refractivity (Wildman–Crippen MR) is 115 cm³/mol. The molecule has 1 aromatic carbocycles. The third-order valence-electron chi connectivity index (χ3n) is 7.58. The van der Waals surface area contributed by atoms with Crippen molar-refractivity contribution in [2.45, 2.75) is 58.3 Å². The topological polar surface area (TPSA) is 38.0 Å². The van der Waals surface area contributed by atoms with E-state index in [-0.39, 0.29) is 0 Å². The molecule has 0 heterocycles. The average molecular weight is 361 g/mol. The van der Waals surface area contributed by atoms with Crippen LogP contribution in [0.25, 0.3) is 0 Å². The summed E-state index contributed by atoms with van der Waals surface area (Å²) >= 11 is 0. The maximum Gasteiger partial charge on any atom is 0.0540 e. The minimum Gasteiger partial charge on any atom is -0.401 e. The lowest BCUT2D eigenvalue weighted by Crippen LogP contribution is -2.40. The Morgan fingerprint density at radius 2 is 2.11 bits per heavy atom. The fourth-order valence-electron chi connectivity index (χ4n) is 6.12. The van der Waals surface area contributed by atoms with E-state index in [0.29, 0.717) is 23.6 Å². The summed E-state index contributed by atoms with van der Waals surface area (Å²) in [5.74, 6) is 8.70. The van der Waals surface area contributed by atoms with Gasteiger partial charge in [-0.05, 0) is 91.9 Å². The van der Waals surface area contributed by atoms with Gasteiger partial charge in [0.15, 0.2) is 0 Å². The highest BCUT2D eigenvalue weighted by Gasteiger charge is 2.51. The van der Waals surface area contributed by atoms with Crippen LogP contribution in [-0.2, 0) is 6.42 Å². The Morgan fingerprint density at radius 1 is 1.30 bits per heavy atom. The molecule has 0 radical (unpaired) electrons. The predicted octanol–water partition coefficient (Wildman–Crippen LogP) is 5.35. The number of aryl methyl sites for hydroxylation is 1. The molecule has 2 nitrogen and oxygen atoms in total. The van der Waals surface area contributed by atoms with Gasteiger partial charge in [-0.1, -0.05) is 31.6 Å². The van der Waals surface area contributed by atoms with Gasteiger partial charge in [0.25, 0.3) is 0 Å². The van der Waals surface area contributed by atoms with E-state index in [0.717, 1.165) is 23.1 Å². The van der Waals surface area contributed by atoms with Crippen LogP contribution in [0.4, 0.5) is 5.69 Å². The zero-order chi connectivity index (χ0) is 19.2. The van der Waals surface area contributed by atoms with Crippen molar-refractivity contribution in [3.63, 3.8) is 0 Å². The molecule has 2 heteroatoms. The second-order valence-corrected chi connectivity index (χ2v) is 9.00. The van der Waals surface area contributed by atoms with Crippen LogP contribution in [0.5, 0.6) is 0 Å². The van der Waals surface area contributed by atoms with Gasteiger partial charge in [-0.3, -0.25) is 0 Å². The van der Waals surface area contributed by atoms with Crippen LogP contribution in [0.2, 0.25) is 0 Å². The van der Waals surface area contributed by atoms with E-state index >= 15 is 0 Å². The molecular formula is C25H32N2. The Kier molecular flexibility index (Phi) is 4.58. The Balaban J connectivity index is 1.69. The van der Waals surface area contributed by atoms with E-state index in [4.69, 9.17) is 5.73 Å². The van der Waals surface area contributed by atoms with Gasteiger partial charge in [0, 0.05) is 11.3 Å². The van der Waals surface area contributed by atoms with Gasteiger partial charge in [0.2, 0.25) is 0 Å². The number of hydrogen-bond acceptors (Lipinski definition) is 2. The number of nitrogens with one attached hydrogen (secondary N) is 1. The number of fused-ring (bicyclic) bond motifs is 5. The van der Waals surface area contributed by atoms with Crippen LogP contribution in [0.1, 0.15) is 68.6 Å². The quantitative estimate of drug-likeness (QED) is 0.563. The molecule has 3 N–H and O–H groups in total. The van der Waals surface area contributed by atoms with Crippen molar-refractivity contribution < 1.29 is 0 Å². The highest BCUT2D eigenvalue weighted by Crippen LogP contribution is 2.62. The van der Waals surface area contributed by atoms with E-state index in [1.165, 1.54) is 49.7 Å². The number of nitrogens with two attached hydrogens (primary N) is 1. The van der Waals surface area contributed by atoms with E-state index in [1.54, 1.807) is 5.56 Å². The van der Waals surface area contributed by atoms with Gasteiger partial charge in [-0.25, -0.2) is 0 Å². The van der Waals surface area contributed by atoms with E-state index < -0.39 is 0 Å². The fourth-order valence-corrected chi connectivity index (χ4v) is 6.12. The molecule has 0 saturated heterocycles. The molecule has 3 aliphatic rings. The Bertz CT molecular complexity index is 853. The Labute approximate surface area is 164 Å². The number of rotatable bonds is 3. The molecule has 0 amide bonds.